The van der Waals surface area contributed by atoms with Gasteiger partial charge in [0, 0.05) is 23.3 Å². The molecule has 0 fully saturated rings. The second-order valence-electron chi connectivity index (χ2n) is 4.21. The average Bonchev–Trinajstić information content (AvgIpc) is 2.98. The van der Waals surface area contributed by atoms with E-state index in [1.807, 2.05) is 30.3 Å². The van der Waals surface area contributed by atoms with Crippen LogP contribution in [0.2, 0.25) is 0 Å². The summed E-state index contributed by atoms with van der Waals surface area (Å²) in [5.74, 6) is 0.443. The van der Waals surface area contributed by atoms with Gasteiger partial charge in [-0.05, 0) is 12.1 Å². The van der Waals surface area contributed by atoms with Crippen molar-refractivity contribution >= 4 is 5.69 Å². The van der Waals surface area contributed by atoms with Crippen LogP contribution in [0.5, 0.6) is 0 Å². The van der Waals surface area contributed by atoms with Crippen LogP contribution in [0.25, 0.3) is 22.7 Å². The van der Waals surface area contributed by atoms with Crippen molar-refractivity contribution in [3.63, 3.8) is 0 Å². The van der Waals surface area contributed by atoms with Gasteiger partial charge >= 0.3 is 0 Å². The third-order valence-corrected chi connectivity index (χ3v) is 2.90. The highest BCUT2D eigenvalue weighted by Crippen LogP contribution is 2.25. The first kappa shape index (κ1) is 12.1. The second kappa shape index (κ2) is 4.97. The maximum Gasteiger partial charge on any atom is 0.269 e. The van der Waals surface area contributed by atoms with Crippen molar-refractivity contribution in [1.29, 1.82) is 0 Å². The van der Waals surface area contributed by atoms with Crippen molar-refractivity contribution in [1.82, 2.24) is 4.98 Å². The number of nitrogens with zero attached hydrogens (tertiary/aromatic N) is 2. The largest absolute Gasteiger partial charge is 0.444 e. The summed E-state index contributed by atoms with van der Waals surface area (Å²) in [4.78, 5) is 14.6. The topological polar surface area (TPSA) is 69.2 Å². The van der Waals surface area contributed by atoms with Crippen LogP contribution >= 0.6 is 0 Å². The Hall–Kier alpha value is -2.95. The van der Waals surface area contributed by atoms with Crippen molar-refractivity contribution < 1.29 is 9.34 Å². The summed E-state index contributed by atoms with van der Waals surface area (Å²) < 4.78 is 5.42. The van der Waals surface area contributed by atoms with Gasteiger partial charge in [-0.1, -0.05) is 30.3 Å². The smallest absolute Gasteiger partial charge is 0.269 e. The molecule has 0 aliphatic carbocycles. The number of hydrogen-bond acceptors (Lipinski definition) is 4. The second-order valence-corrected chi connectivity index (χ2v) is 4.21. The molecular weight excluding hydrogens is 256 g/mol. The first-order chi connectivity index (χ1) is 9.74. The van der Waals surface area contributed by atoms with E-state index in [2.05, 4.69) is 4.98 Å². The van der Waals surface area contributed by atoms with Gasteiger partial charge in [-0.25, -0.2) is 4.98 Å². The molecule has 0 saturated carbocycles. The van der Waals surface area contributed by atoms with E-state index in [4.69, 9.17) is 4.42 Å². The molecule has 98 valence electrons. The Balaban J connectivity index is 1.92. The molecule has 0 N–H and O–H groups in total. The summed E-state index contributed by atoms with van der Waals surface area (Å²) in [6.45, 7) is 0. The summed E-state index contributed by atoms with van der Waals surface area (Å²) in [5, 5.41) is 10.6. The SMILES string of the molecule is O=[N+]([O-])c1ccc(-c2nc(-c3ccccc3)co2)cc1. The zero-order valence-electron chi connectivity index (χ0n) is 10.4. The van der Waals surface area contributed by atoms with Gasteiger partial charge < -0.3 is 4.42 Å². The lowest BCUT2D eigenvalue weighted by molar-refractivity contribution is -0.384. The van der Waals surface area contributed by atoms with Gasteiger partial charge in [0.25, 0.3) is 5.69 Å². The Labute approximate surface area is 114 Å². The Morgan fingerprint density at radius 1 is 0.950 bits per heavy atom. The normalized spacial score (nSPS) is 10.4. The van der Waals surface area contributed by atoms with E-state index in [1.165, 1.54) is 12.1 Å². The molecule has 5 nitrogen and oxygen atoms in total. The van der Waals surface area contributed by atoms with E-state index in [9.17, 15) is 10.1 Å². The highest BCUT2D eigenvalue weighted by atomic mass is 16.6. The summed E-state index contributed by atoms with van der Waals surface area (Å²) >= 11 is 0. The van der Waals surface area contributed by atoms with Gasteiger partial charge in [-0.3, -0.25) is 10.1 Å². The lowest BCUT2D eigenvalue weighted by Gasteiger charge is -1.95. The van der Waals surface area contributed by atoms with Crippen molar-refractivity contribution in [2.45, 2.75) is 0 Å². The van der Waals surface area contributed by atoms with Gasteiger partial charge in [0.05, 0.1) is 4.92 Å². The molecule has 1 heterocycles. The van der Waals surface area contributed by atoms with Crippen LogP contribution in [0.1, 0.15) is 0 Å². The Morgan fingerprint density at radius 2 is 1.65 bits per heavy atom. The highest BCUT2D eigenvalue weighted by molar-refractivity contribution is 5.63. The molecule has 0 aliphatic heterocycles. The van der Waals surface area contributed by atoms with Crippen LogP contribution in [0, 0.1) is 10.1 Å². The summed E-state index contributed by atoms with van der Waals surface area (Å²) in [6.07, 6.45) is 1.58. The van der Waals surface area contributed by atoms with Crippen molar-refractivity contribution in [3.8, 4) is 22.7 Å². The average molecular weight is 266 g/mol. The van der Waals surface area contributed by atoms with E-state index < -0.39 is 4.92 Å². The fraction of sp³-hybridized carbons (Fsp3) is 0. The van der Waals surface area contributed by atoms with Crippen LogP contribution in [-0.2, 0) is 0 Å². The lowest BCUT2D eigenvalue weighted by Crippen LogP contribution is -1.87. The van der Waals surface area contributed by atoms with E-state index in [0.29, 0.717) is 11.5 Å². The summed E-state index contributed by atoms with van der Waals surface area (Å²) in [5.41, 5.74) is 2.45. The van der Waals surface area contributed by atoms with Gasteiger partial charge in [0.1, 0.15) is 12.0 Å². The Kier molecular flexibility index (Phi) is 3.01. The molecule has 5 heteroatoms. The van der Waals surface area contributed by atoms with Gasteiger partial charge in [0.2, 0.25) is 5.89 Å². The fourth-order valence-corrected chi connectivity index (χ4v) is 1.87. The molecule has 0 spiro atoms. The quantitative estimate of drug-likeness (QED) is 0.532. The van der Waals surface area contributed by atoms with Crippen LogP contribution in [0.4, 0.5) is 5.69 Å². The summed E-state index contributed by atoms with van der Waals surface area (Å²) in [7, 11) is 0. The lowest BCUT2D eigenvalue weighted by atomic mass is 10.2. The number of nitro groups is 1. The van der Waals surface area contributed by atoms with E-state index in [-0.39, 0.29) is 5.69 Å². The molecule has 0 unspecified atom stereocenters. The maximum absolute atomic E-state index is 10.6. The van der Waals surface area contributed by atoms with Crippen molar-refractivity contribution in [2.24, 2.45) is 0 Å². The third-order valence-electron chi connectivity index (χ3n) is 2.90. The molecule has 20 heavy (non-hydrogen) atoms. The Bertz CT molecular complexity index is 733. The van der Waals surface area contributed by atoms with Crippen molar-refractivity contribution in [3.05, 3.63) is 71.0 Å². The van der Waals surface area contributed by atoms with E-state index in [0.717, 1.165) is 11.3 Å². The van der Waals surface area contributed by atoms with Crippen LogP contribution in [-0.4, -0.2) is 9.91 Å². The molecule has 0 saturated heterocycles. The van der Waals surface area contributed by atoms with Crippen LogP contribution in [0.3, 0.4) is 0 Å². The molecular formula is C15H10N2O3. The number of rotatable bonds is 3. The number of benzene rings is 2. The summed E-state index contributed by atoms with van der Waals surface area (Å²) in [6, 6.07) is 15.8. The molecule has 3 rings (SSSR count). The standard InChI is InChI=1S/C15H10N2O3/c18-17(19)13-8-6-12(7-9-13)15-16-14(10-20-15)11-4-2-1-3-5-11/h1-10H. The molecule has 1 aromatic heterocycles. The highest BCUT2D eigenvalue weighted by Gasteiger charge is 2.10. The van der Waals surface area contributed by atoms with Crippen LogP contribution in [0.15, 0.2) is 65.3 Å². The van der Waals surface area contributed by atoms with Crippen molar-refractivity contribution in [2.75, 3.05) is 0 Å². The minimum Gasteiger partial charge on any atom is -0.444 e. The van der Waals surface area contributed by atoms with Gasteiger partial charge in [-0.15, -0.1) is 0 Å². The predicted molar refractivity (Wildman–Crippen MR) is 74.0 cm³/mol. The fourth-order valence-electron chi connectivity index (χ4n) is 1.87. The minimum absolute atomic E-state index is 0.0450. The zero-order valence-corrected chi connectivity index (χ0v) is 10.4. The Morgan fingerprint density at radius 3 is 2.30 bits per heavy atom. The van der Waals surface area contributed by atoms with E-state index in [1.54, 1.807) is 18.4 Å². The molecule has 0 radical (unpaired) electrons. The van der Waals surface area contributed by atoms with Crippen LogP contribution < -0.4 is 0 Å². The number of nitro benzene ring substituents is 1. The number of non-ortho nitro benzene ring substituents is 1. The molecule has 0 atom stereocenters. The molecule has 0 aliphatic rings. The molecule has 3 aromatic rings. The first-order valence-electron chi connectivity index (χ1n) is 6.00. The predicted octanol–water partition coefficient (Wildman–Crippen LogP) is 3.92. The molecule has 2 aromatic carbocycles. The first-order valence-corrected chi connectivity index (χ1v) is 6.00. The zero-order chi connectivity index (χ0) is 13.9. The molecule has 0 bridgehead atoms. The minimum atomic E-state index is -0.436. The van der Waals surface area contributed by atoms with E-state index >= 15 is 0 Å². The number of oxazole rings is 1. The number of aromatic nitrogens is 1. The van der Waals surface area contributed by atoms with Gasteiger partial charge in [-0.2, -0.15) is 0 Å². The molecule has 0 amide bonds. The maximum atomic E-state index is 10.6. The third kappa shape index (κ3) is 2.29. The van der Waals surface area contributed by atoms with Gasteiger partial charge in [0.15, 0.2) is 0 Å². The number of hydrogen-bond donors (Lipinski definition) is 0. The monoisotopic (exact) mass is 266 g/mol.